The second-order valence-corrected chi connectivity index (χ2v) is 6.72. The molecule has 1 amide bonds. The van der Waals surface area contributed by atoms with Crippen molar-refractivity contribution < 1.29 is 14.1 Å². The van der Waals surface area contributed by atoms with Crippen molar-refractivity contribution in [2.24, 2.45) is 4.99 Å². The van der Waals surface area contributed by atoms with Crippen molar-refractivity contribution in [2.45, 2.75) is 13.1 Å². The second kappa shape index (κ2) is 6.60. The van der Waals surface area contributed by atoms with E-state index in [1.165, 1.54) is 0 Å². The summed E-state index contributed by atoms with van der Waals surface area (Å²) in [7, 11) is 0. The number of fused-ring (bicyclic) bond motifs is 1. The number of amides is 1. The zero-order valence-electron chi connectivity index (χ0n) is 13.6. The van der Waals surface area contributed by atoms with Crippen molar-refractivity contribution in [1.82, 2.24) is 3.96 Å². The minimum absolute atomic E-state index is 0.114. The zero-order valence-corrected chi connectivity index (χ0v) is 14.4. The minimum atomic E-state index is -0.494. The number of benzene rings is 1. The topological polar surface area (TPSA) is 93.9 Å². The molecule has 0 atom stereocenters. The second-order valence-electron chi connectivity index (χ2n) is 5.71. The fourth-order valence-electron chi connectivity index (χ4n) is 2.90. The lowest BCUT2D eigenvalue weighted by Crippen LogP contribution is -2.21. The zero-order chi connectivity index (χ0) is 18.1. The predicted octanol–water partition coefficient (Wildman–Crippen LogP) is 2.81. The molecular weight excluding hydrogens is 356 g/mol. The van der Waals surface area contributed by atoms with E-state index in [2.05, 4.69) is 4.99 Å². The highest BCUT2D eigenvalue weighted by molar-refractivity contribution is 7.04. The molecule has 1 aliphatic rings. The molecular formula is C17H14N4O4S. The first kappa shape index (κ1) is 16.3. The SMILES string of the molecule is O=C(N=c1sn2c(c1[N+](=O)[O-])N(Cc1ccco1)CC2)c1ccccc1. The van der Waals surface area contributed by atoms with Gasteiger partial charge < -0.3 is 9.32 Å². The molecule has 132 valence electrons. The summed E-state index contributed by atoms with van der Waals surface area (Å²) in [5.41, 5.74) is 0.260. The molecule has 2 aromatic heterocycles. The molecule has 0 saturated carbocycles. The summed E-state index contributed by atoms with van der Waals surface area (Å²) in [4.78, 5) is 29.4. The maximum absolute atomic E-state index is 12.3. The molecule has 0 unspecified atom stereocenters. The van der Waals surface area contributed by atoms with E-state index in [-0.39, 0.29) is 10.4 Å². The third-order valence-electron chi connectivity index (χ3n) is 4.05. The van der Waals surface area contributed by atoms with Crippen LogP contribution >= 0.6 is 11.5 Å². The highest BCUT2D eigenvalue weighted by atomic mass is 32.1. The first-order chi connectivity index (χ1) is 12.6. The van der Waals surface area contributed by atoms with E-state index in [1.807, 2.05) is 11.0 Å². The summed E-state index contributed by atoms with van der Waals surface area (Å²) in [6.45, 7) is 1.67. The molecule has 4 rings (SSSR count). The van der Waals surface area contributed by atoms with E-state index in [9.17, 15) is 14.9 Å². The molecule has 0 N–H and O–H groups in total. The molecule has 0 radical (unpaired) electrons. The van der Waals surface area contributed by atoms with Crippen LogP contribution in [0.3, 0.4) is 0 Å². The number of carbonyl (C=O) groups is 1. The van der Waals surface area contributed by atoms with Gasteiger partial charge >= 0.3 is 5.69 Å². The minimum Gasteiger partial charge on any atom is -0.467 e. The number of nitro groups is 1. The van der Waals surface area contributed by atoms with E-state index in [4.69, 9.17) is 4.42 Å². The average Bonchev–Trinajstić information content (AvgIpc) is 3.34. The number of furan rings is 1. The lowest BCUT2D eigenvalue weighted by Gasteiger charge is -2.14. The summed E-state index contributed by atoms with van der Waals surface area (Å²) in [5, 5.41) is 11.7. The fourth-order valence-corrected chi connectivity index (χ4v) is 3.94. The number of aromatic nitrogens is 1. The molecule has 1 aromatic carbocycles. The number of anilines is 1. The lowest BCUT2D eigenvalue weighted by molar-refractivity contribution is -0.385. The molecule has 3 aromatic rings. The van der Waals surface area contributed by atoms with E-state index >= 15 is 0 Å². The normalized spacial score (nSPS) is 13.8. The van der Waals surface area contributed by atoms with Crippen LogP contribution in [-0.4, -0.2) is 21.3 Å². The number of rotatable bonds is 4. The Kier molecular flexibility index (Phi) is 4.13. The Bertz CT molecular complexity index is 1020. The van der Waals surface area contributed by atoms with Crippen molar-refractivity contribution in [1.29, 1.82) is 0 Å². The van der Waals surface area contributed by atoms with Gasteiger partial charge in [-0.25, -0.2) is 0 Å². The Morgan fingerprint density at radius 1 is 1.23 bits per heavy atom. The summed E-state index contributed by atoms with van der Waals surface area (Å²) in [5.74, 6) is 0.695. The van der Waals surface area contributed by atoms with Crippen molar-refractivity contribution in [3.05, 3.63) is 74.8 Å². The highest BCUT2D eigenvalue weighted by Crippen LogP contribution is 2.33. The van der Waals surface area contributed by atoms with Crippen molar-refractivity contribution >= 4 is 28.9 Å². The molecule has 8 nitrogen and oxygen atoms in total. The van der Waals surface area contributed by atoms with Crippen LogP contribution in [0.4, 0.5) is 11.5 Å². The molecule has 0 saturated heterocycles. The van der Waals surface area contributed by atoms with Crippen LogP contribution in [0.5, 0.6) is 0 Å². The molecule has 9 heteroatoms. The number of hydrogen-bond donors (Lipinski definition) is 0. The van der Waals surface area contributed by atoms with Crippen LogP contribution < -0.4 is 9.57 Å². The Balaban J connectivity index is 1.75. The van der Waals surface area contributed by atoms with Crippen molar-refractivity contribution in [3.8, 4) is 0 Å². The average molecular weight is 370 g/mol. The van der Waals surface area contributed by atoms with Crippen LogP contribution in [0, 0.1) is 10.1 Å². The van der Waals surface area contributed by atoms with Gasteiger partial charge in [0.2, 0.25) is 10.5 Å². The van der Waals surface area contributed by atoms with Gasteiger partial charge in [0.05, 0.1) is 24.3 Å². The maximum atomic E-state index is 12.3. The quantitative estimate of drug-likeness (QED) is 0.520. The van der Waals surface area contributed by atoms with Crippen molar-refractivity contribution in [3.63, 3.8) is 0 Å². The van der Waals surface area contributed by atoms with Gasteiger partial charge in [-0.1, -0.05) is 18.2 Å². The van der Waals surface area contributed by atoms with E-state index in [0.717, 1.165) is 17.3 Å². The van der Waals surface area contributed by atoms with Gasteiger partial charge in [0.15, 0.2) is 0 Å². The fraction of sp³-hybridized carbons (Fsp3) is 0.176. The van der Waals surface area contributed by atoms with Gasteiger partial charge in [0.25, 0.3) is 5.91 Å². The van der Waals surface area contributed by atoms with Crippen LogP contribution in [0.2, 0.25) is 0 Å². The van der Waals surface area contributed by atoms with Crippen LogP contribution in [-0.2, 0) is 13.1 Å². The van der Waals surface area contributed by atoms with Gasteiger partial charge in [-0.3, -0.25) is 18.9 Å². The Labute approximate surface area is 151 Å². The largest absolute Gasteiger partial charge is 0.467 e. The predicted molar refractivity (Wildman–Crippen MR) is 95.1 cm³/mol. The van der Waals surface area contributed by atoms with Gasteiger partial charge in [-0.2, -0.15) is 4.99 Å². The van der Waals surface area contributed by atoms with Crippen LogP contribution in [0.15, 0.2) is 58.1 Å². The van der Waals surface area contributed by atoms with Crippen LogP contribution in [0.1, 0.15) is 16.1 Å². The Morgan fingerprint density at radius 3 is 2.73 bits per heavy atom. The van der Waals surface area contributed by atoms with Crippen molar-refractivity contribution in [2.75, 3.05) is 11.4 Å². The number of hydrogen-bond acceptors (Lipinski definition) is 6. The Morgan fingerprint density at radius 2 is 2.04 bits per heavy atom. The smallest absolute Gasteiger partial charge is 0.347 e. The van der Waals surface area contributed by atoms with E-state index < -0.39 is 10.8 Å². The van der Waals surface area contributed by atoms with Crippen LogP contribution in [0.25, 0.3) is 0 Å². The summed E-state index contributed by atoms with van der Waals surface area (Å²) in [6, 6.07) is 12.1. The maximum Gasteiger partial charge on any atom is 0.347 e. The van der Waals surface area contributed by atoms with E-state index in [0.29, 0.717) is 31.0 Å². The molecule has 1 aliphatic heterocycles. The molecule has 3 heterocycles. The van der Waals surface area contributed by atoms with Gasteiger partial charge in [-0.05, 0) is 35.8 Å². The summed E-state index contributed by atoms with van der Waals surface area (Å²) >= 11 is 1.13. The molecule has 26 heavy (non-hydrogen) atoms. The number of nitrogens with zero attached hydrogens (tertiary/aromatic N) is 4. The molecule has 0 aliphatic carbocycles. The molecule has 0 fully saturated rings. The molecule has 0 bridgehead atoms. The highest BCUT2D eigenvalue weighted by Gasteiger charge is 2.33. The lowest BCUT2D eigenvalue weighted by atomic mass is 10.2. The Hall–Kier alpha value is -3.20. The summed E-state index contributed by atoms with van der Waals surface area (Å²) in [6.07, 6.45) is 1.57. The van der Waals surface area contributed by atoms with Gasteiger partial charge in [-0.15, -0.1) is 0 Å². The summed E-state index contributed by atoms with van der Waals surface area (Å²) < 4.78 is 7.26. The first-order valence-electron chi connectivity index (χ1n) is 7.93. The molecule has 0 spiro atoms. The van der Waals surface area contributed by atoms with Gasteiger partial charge in [0.1, 0.15) is 5.76 Å². The van der Waals surface area contributed by atoms with E-state index in [1.54, 1.807) is 46.6 Å². The monoisotopic (exact) mass is 370 g/mol. The first-order valence-corrected chi connectivity index (χ1v) is 8.71. The third-order valence-corrected chi connectivity index (χ3v) is 5.09. The standard InChI is InChI=1S/C17H14N4O4S/c22-15(12-5-2-1-3-6-12)18-16-14(21(23)24)17-19(8-9-20(17)26-16)11-13-7-4-10-25-13/h1-7,10H,8-9,11H2. The van der Waals surface area contributed by atoms with Gasteiger partial charge in [0, 0.05) is 12.1 Å². The number of carbonyl (C=O) groups excluding carboxylic acids is 1. The third kappa shape index (κ3) is 2.93.